The number of benzene rings is 2. The number of fused-ring (bicyclic) bond motifs is 1. The maximum atomic E-state index is 13.7. The van der Waals surface area contributed by atoms with E-state index in [1.165, 1.54) is 30.5 Å². The molecule has 2 N–H and O–H groups in total. The van der Waals surface area contributed by atoms with Gasteiger partial charge in [0.05, 0.1) is 34.4 Å². The molecule has 4 aromatic rings. The minimum absolute atomic E-state index is 0.0453. The number of rotatable bonds is 5. The fraction of sp³-hybridized carbons (Fsp3) is 0.238. The van der Waals surface area contributed by atoms with Crippen LogP contribution in [0.25, 0.3) is 10.9 Å². The van der Waals surface area contributed by atoms with Crippen LogP contribution in [-0.4, -0.2) is 20.0 Å². The number of hydrogen-bond acceptors (Lipinski definition) is 5. The third-order valence-electron chi connectivity index (χ3n) is 5.04. The van der Waals surface area contributed by atoms with E-state index in [-0.39, 0.29) is 28.8 Å². The average molecular weight is 470 g/mol. The summed E-state index contributed by atoms with van der Waals surface area (Å²) in [6.45, 7) is 1.35. The largest absolute Gasteiger partial charge is 0.418 e. The van der Waals surface area contributed by atoms with Crippen LogP contribution < -0.4 is 5.32 Å². The first-order valence-corrected chi connectivity index (χ1v) is 9.53. The molecule has 1 atom stereocenters. The van der Waals surface area contributed by atoms with Crippen molar-refractivity contribution in [2.24, 2.45) is 0 Å². The number of nitrogens with one attached hydrogen (secondary N) is 1. The summed E-state index contributed by atoms with van der Waals surface area (Å²) in [5, 5.41) is 21.0. The molecule has 0 bridgehead atoms. The number of anilines is 1. The van der Waals surface area contributed by atoms with Crippen molar-refractivity contribution in [1.29, 1.82) is 0 Å². The number of alkyl halides is 6. The van der Waals surface area contributed by atoms with Crippen LogP contribution in [0, 0.1) is 6.92 Å². The molecule has 0 aliphatic rings. The van der Waals surface area contributed by atoms with E-state index in [0.29, 0.717) is 11.3 Å². The Hall–Kier alpha value is -3.54. The van der Waals surface area contributed by atoms with E-state index in [2.05, 4.69) is 15.6 Å². The Bertz CT molecular complexity index is 1270. The molecule has 0 amide bonds. The van der Waals surface area contributed by atoms with Crippen molar-refractivity contribution in [2.75, 3.05) is 5.32 Å². The Morgan fingerprint density at radius 2 is 1.73 bits per heavy atom. The number of aryl methyl sites for hydroxylation is 1. The minimum atomic E-state index is -4.71. The van der Waals surface area contributed by atoms with Crippen molar-refractivity contribution >= 4 is 16.7 Å². The zero-order chi connectivity index (χ0) is 24.0. The molecule has 174 valence electrons. The van der Waals surface area contributed by atoms with Crippen LogP contribution in [0.3, 0.4) is 0 Å². The molecule has 12 heteroatoms. The summed E-state index contributed by atoms with van der Waals surface area (Å²) in [7, 11) is 0. The lowest BCUT2D eigenvalue weighted by atomic mass is 10.1. The van der Waals surface area contributed by atoms with E-state index in [1.54, 1.807) is 6.92 Å². The fourth-order valence-electron chi connectivity index (χ4n) is 3.43. The number of aromatic nitrogens is 3. The molecule has 0 aliphatic heterocycles. The highest BCUT2D eigenvalue weighted by Crippen LogP contribution is 2.38. The standard InChI is InChI=1S/C21H16F6N4O2/c1-11-15(10-33-30-11)19(32)28-18-14-3-2-4-16(21(25,26)27)17(14)31(29-18)9-12-5-7-13(8-6-12)20(22,23)24/h2-8,10,19,32H,9H2,1H3,(H,28,29). The van der Waals surface area contributed by atoms with Gasteiger partial charge in [-0.2, -0.15) is 31.4 Å². The predicted molar refractivity (Wildman–Crippen MR) is 105 cm³/mol. The normalized spacial score (nSPS) is 13.5. The molecular weight excluding hydrogens is 454 g/mol. The smallest absolute Gasteiger partial charge is 0.369 e. The SMILES string of the molecule is Cc1nocc1C(O)Nc1nn(Cc2ccc(C(F)(F)F)cc2)c2c(C(F)(F)F)cccc12. The summed E-state index contributed by atoms with van der Waals surface area (Å²) in [5.74, 6) is -0.0453. The lowest BCUT2D eigenvalue weighted by molar-refractivity contribution is -0.138. The summed E-state index contributed by atoms with van der Waals surface area (Å²) >= 11 is 0. The van der Waals surface area contributed by atoms with Crippen LogP contribution in [0.5, 0.6) is 0 Å². The zero-order valence-electron chi connectivity index (χ0n) is 16.9. The maximum absolute atomic E-state index is 13.7. The fourth-order valence-corrected chi connectivity index (χ4v) is 3.43. The first-order chi connectivity index (χ1) is 15.4. The summed E-state index contributed by atoms with van der Waals surface area (Å²) in [6.07, 6.45) is -9.43. The first kappa shape index (κ1) is 22.6. The zero-order valence-corrected chi connectivity index (χ0v) is 16.9. The lowest BCUT2D eigenvalue weighted by Crippen LogP contribution is -2.12. The summed E-state index contributed by atoms with van der Waals surface area (Å²) in [4.78, 5) is 0. The second-order valence-corrected chi connectivity index (χ2v) is 7.30. The van der Waals surface area contributed by atoms with Crippen molar-refractivity contribution < 1.29 is 36.0 Å². The Kier molecular flexibility index (Phi) is 5.56. The van der Waals surface area contributed by atoms with E-state index in [4.69, 9.17) is 4.52 Å². The minimum Gasteiger partial charge on any atom is -0.369 e. The number of para-hydroxylation sites is 1. The van der Waals surface area contributed by atoms with Gasteiger partial charge in [0.2, 0.25) is 0 Å². The molecule has 2 aromatic heterocycles. The van der Waals surface area contributed by atoms with Gasteiger partial charge in [0.1, 0.15) is 6.26 Å². The van der Waals surface area contributed by atoms with E-state index in [9.17, 15) is 31.4 Å². The monoisotopic (exact) mass is 470 g/mol. The van der Waals surface area contributed by atoms with E-state index in [0.717, 1.165) is 22.9 Å². The van der Waals surface area contributed by atoms with Crippen LogP contribution in [0.4, 0.5) is 32.2 Å². The van der Waals surface area contributed by atoms with Gasteiger partial charge in [0.25, 0.3) is 0 Å². The van der Waals surface area contributed by atoms with E-state index >= 15 is 0 Å². The van der Waals surface area contributed by atoms with Gasteiger partial charge in [-0.1, -0.05) is 23.4 Å². The Labute approximate surface area is 182 Å². The third kappa shape index (κ3) is 4.51. The molecule has 1 unspecified atom stereocenters. The molecule has 0 saturated heterocycles. The van der Waals surface area contributed by atoms with Crippen LogP contribution in [0.1, 0.15) is 34.2 Å². The Morgan fingerprint density at radius 3 is 2.30 bits per heavy atom. The van der Waals surface area contributed by atoms with Gasteiger partial charge in [0.15, 0.2) is 12.0 Å². The highest BCUT2D eigenvalue weighted by molar-refractivity contribution is 5.93. The lowest BCUT2D eigenvalue weighted by Gasteiger charge is -2.12. The Morgan fingerprint density at radius 1 is 1.03 bits per heavy atom. The highest BCUT2D eigenvalue weighted by Gasteiger charge is 2.35. The molecule has 0 saturated carbocycles. The molecule has 4 rings (SSSR count). The van der Waals surface area contributed by atoms with E-state index in [1.807, 2.05) is 0 Å². The van der Waals surface area contributed by atoms with Gasteiger partial charge in [-0.15, -0.1) is 0 Å². The molecule has 2 aromatic carbocycles. The molecule has 0 spiro atoms. The van der Waals surface area contributed by atoms with Crippen LogP contribution in [0.2, 0.25) is 0 Å². The topological polar surface area (TPSA) is 76.1 Å². The number of aliphatic hydroxyl groups excluding tert-OH is 1. The van der Waals surface area contributed by atoms with Crippen molar-refractivity contribution in [1.82, 2.24) is 14.9 Å². The first-order valence-electron chi connectivity index (χ1n) is 9.53. The Balaban J connectivity index is 1.77. The molecule has 0 fully saturated rings. The molecule has 6 nitrogen and oxygen atoms in total. The van der Waals surface area contributed by atoms with Crippen LogP contribution in [0.15, 0.2) is 53.3 Å². The van der Waals surface area contributed by atoms with Gasteiger partial charge in [0, 0.05) is 5.39 Å². The second kappa shape index (κ2) is 8.10. The van der Waals surface area contributed by atoms with Crippen molar-refractivity contribution in [3.8, 4) is 0 Å². The summed E-state index contributed by atoms with van der Waals surface area (Å²) < 4.78 is 85.4. The van der Waals surface area contributed by atoms with Crippen molar-refractivity contribution in [3.63, 3.8) is 0 Å². The van der Waals surface area contributed by atoms with E-state index < -0.39 is 29.7 Å². The van der Waals surface area contributed by atoms with Gasteiger partial charge in [-0.05, 0) is 36.8 Å². The van der Waals surface area contributed by atoms with Gasteiger partial charge in [-0.25, -0.2) is 0 Å². The molecule has 33 heavy (non-hydrogen) atoms. The molecule has 2 heterocycles. The number of halogens is 6. The summed E-state index contributed by atoms with van der Waals surface area (Å²) in [6, 6.07) is 7.54. The summed E-state index contributed by atoms with van der Waals surface area (Å²) in [5.41, 5.74) is -1.16. The second-order valence-electron chi connectivity index (χ2n) is 7.30. The average Bonchev–Trinajstić information content (AvgIpc) is 3.31. The van der Waals surface area contributed by atoms with Crippen LogP contribution >= 0.6 is 0 Å². The molecular formula is C21H16F6N4O2. The predicted octanol–water partition coefficient (Wildman–Crippen LogP) is 5.52. The highest BCUT2D eigenvalue weighted by atomic mass is 19.4. The molecule has 0 radical (unpaired) electrons. The van der Waals surface area contributed by atoms with Gasteiger partial charge >= 0.3 is 12.4 Å². The number of hydrogen-bond donors (Lipinski definition) is 2. The third-order valence-corrected chi connectivity index (χ3v) is 5.04. The van der Waals surface area contributed by atoms with Crippen molar-refractivity contribution in [3.05, 3.63) is 76.7 Å². The van der Waals surface area contributed by atoms with Crippen LogP contribution in [-0.2, 0) is 18.9 Å². The van der Waals surface area contributed by atoms with Crippen molar-refractivity contribution in [2.45, 2.75) is 32.0 Å². The molecule has 0 aliphatic carbocycles. The quantitative estimate of drug-likeness (QED) is 0.297. The maximum Gasteiger partial charge on any atom is 0.418 e. The van der Waals surface area contributed by atoms with Gasteiger partial charge < -0.3 is 14.9 Å². The van der Waals surface area contributed by atoms with Gasteiger partial charge in [-0.3, -0.25) is 4.68 Å². The number of aliphatic hydroxyl groups is 1. The number of nitrogens with zero attached hydrogens (tertiary/aromatic N) is 3.